The molecule has 0 amide bonds. The smallest absolute Gasteiger partial charge is 0.378 e. The van der Waals surface area contributed by atoms with Gasteiger partial charge in [0.2, 0.25) is 0 Å². The van der Waals surface area contributed by atoms with E-state index >= 15 is 0 Å². The maximum Gasteiger partial charge on any atom is 0.378 e. The molecule has 0 atom stereocenters. The van der Waals surface area contributed by atoms with Crippen LogP contribution in [-0.2, 0) is 9.47 Å². The lowest BCUT2D eigenvalue weighted by Gasteiger charge is -2.06. The molecule has 0 aromatic rings. The van der Waals surface area contributed by atoms with E-state index in [1.54, 1.807) is 0 Å². The average molecular weight is 234 g/mol. The van der Waals surface area contributed by atoms with Crippen LogP contribution in [0.1, 0.15) is 33.6 Å². The third kappa shape index (κ3) is 9.59. The van der Waals surface area contributed by atoms with Gasteiger partial charge < -0.3 is 9.47 Å². The van der Waals surface area contributed by atoms with Crippen LogP contribution in [0, 0.1) is 5.92 Å². The molecule has 88 valence electrons. The van der Waals surface area contributed by atoms with Crippen LogP contribution in [0.4, 0.5) is 9.59 Å². The highest BCUT2D eigenvalue weighted by Crippen LogP contribution is 2.10. The van der Waals surface area contributed by atoms with E-state index in [2.05, 4.69) is 0 Å². The molecule has 0 fully saturated rings. The standard InChI is InChI=1S/C10H18O4S/c1-4-5-6-13-9(11)15-10(12)14-7-8(2)3/h8H,4-7H2,1-3H3. The second-order valence-electron chi connectivity index (χ2n) is 3.51. The summed E-state index contributed by atoms with van der Waals surface area (Å²) in [6, 6.07) is 0. The summed E-state index contributed by atoms with van der Waals surface area (Å²) in [5.74, 6) is 0.269. The molecule has 0 aliphatic heterocycles. The number of unbranched alkanes of at least 4 members (excludes halogenated alkanes) is 1. The quantitative estimate of drug-likeness (QED) is 0.538. The van der Waals surface area contributed by atoms with Crippen molar-refractivity contribution in [2.75, 3.05) is 13.2 Å². The second-order valence-corrected chi connectivity index (χ2v) is 4.38. The van der Waals surface area contributed by atoms with Gasteiger partial charge in [-0.1, -0.05) is 27.2 Å². The molecule has 0 bridgehead atoms. The molecule has 0 saturated carbocycles. The summed E-state index contributed by atoms with van der Waals surface area (Å²) in [7, 11) is 0. The first-order valence-electron chi connectivity index (χ1n) is 5.07. The molecule has 0 rings (SSSR count). The molecule has 4 nitrogen and oxygen atoms in total. The number of ether oxygens (including phenoxy) is 2. The van der Waals surface area contributed by atoms with Crippen molar-refractivity contribution in [1.29, 1.82) is 0 Å². The molecule has 0 aromatic heterocycles. The lowest BCUT2D eigenvalue weighted by Crippen LogP contribution is -2.09. The first-order valence-corrected chi connectivity index (χ1v) is 5.89. The highest BCUT2D eigenvalue weighted by molar-refractivity contribution is 8.25. The maximum absolute atomic E-state index is 11.0. The van der Waals surface area contributed by atoms with Crippen LogP contribution < -0.4 is 0 Å². The predicted molar refractivity (Wildman–Crippen MR) is 60.0 cm³/mol. The topological polar surface area (TPSA) is 52.6 Å². The first kappa shape index (κ1) is 14.3. The summed E-state index contributed by atoms with van der Waals surface area (Å²) in [6.07, 6.45) is 1.77. The van der Waals surface area contributed by atoms with E-state index in [9.17, 15) is 9.59 Å². The first-order chi connectivity index (χ1) is 7.06. The van der Waals surface area contributed by atoms with E-state index in [-0.39, 0.29) is 5.92 Å². The fraction of sp³-hybridized carbons (Fsp3) is 0.800. The zero-order valence-corrected chi connectivity index (χ0v) is 10.3. The van der Waals surface area contributed by atoms with Crippen molar-refractivity contribution >= 4 is 22.4 Å². The van der Waals surface area contributed by atoms with Gasteiger partial charge in [0.25, 0.3) is 0 Å². The molecule has 0 aromatic carbocycles. The van der Waals surface area contributed by atoms with E-state index in [1.807, 2.05) is 20.8 Å². The van der Waals surface area contributed by atoms with Gasteiger partial charge in [-0.15, -0.1) is 0 Å². The van der Waals surface area contributed by atoms with E-state index in [0.29, 0.717) is 25.0 Å². The van der Waals surface area contributed by atoms with Crippen molar-refractivity contribution in [2.45, 2.75) is 33.6 Å². The second kappa shape index (κ2) is 8.59. The summed E-state index contributed by atoms with van der Waals surface area (Å²) in [6.45, 7) is 6.54. The Bertz CT molecular complexity index is 204. The van der Waals surface area contributed by atoms with Crippen LogP contribution in [0.5, 0.6) is 0 Å². The molecule has 15 heavy (non-hydrogen) atoms. The van der Waals surface area contributed by atoms with Gasteiger partial charge in [0.05, 0.1) is 25.0 Å². The lowest BCUT2D eigenvalue weighted by molar-refractivity contribution is 0.158. The van der Waals surface area contributed by atoms with Crippen molar-refractivity contribution in [3.8, 4) is 0 Å². The molecule has 0 aliphatic carbocycles. The van der Waals surface area contributed by atoms with Gasteiger partial charge in [-0.05, 0) is 12.3 Å². The molecule has 0 spiro atoms. The van der Waals surface area contributed by atoms with Crippen molar-refractivity contribution < 1.29 is 19.1 Å². The number of carbonyl (C=O) groups is 2. The number of rotatable bonds is 5. The normalized spacial score (nSPS) is 10.1. The van der Waals surface area contributed by atoms with Gasteiger partial charge in [0.1, 0.15) is 0 Å². The molecule has 5 heteroatoms. The van der Waals surface area contributed by atoms with Crippen LogP contribution in [0.3, 0.4) is 0 Å². The van der Waals surface area contributed by atoms with Gasteiger partial charge in [0.15, 0.2) is 0 Å². The zero-order chi connectivity index (χ0) is 11.7. The van der Waals surface area contributed by atoms with Crippen LogP contribution in [0.2, 0.25) is 0 Å². The number of hydrogen-bond acceptors (Lipinski definition) is 5. The van der Waals surface area contributed by atoms with E-state index in [1.165, 1.54) is 0 Å². The number of carbonyl (C=O) groups excluding carboxylic acids is 2. The monoisotopic (exact) mass is 234 g/mol. The molecule has 0 N–H and O–H groups in total. The van der Waals surface area contributed by atoms with Gasteiger partial charge >= 0.3 is 10.6 Å². The minimum Gasteiger partial charge on any atom is -0.457 e. The Morgan fingerprint density at radius 3 is 2.33 bits per heavy atom. The summed E-state index contributed by atoms with van der Waals surface area (Å²) >= 11 is 0.470. The van der Waals surface area contributed by atoms with Gasteiger partial charge in [-0.2, -0.15) is 0 Å². The van der Waals surface area contributed by atoms with Crippen LogP contribution >= 0.6 is 11.8 Å². The Hall–Kier alpha value is -0.710. The third-order valence-electron chi connectivity index (χ3n) is 1.42. The number of thioether (sulfide) groups is 1. The van der Waals surface area contributed by atoms with Crippen molar-refractivity contribution in [1.82, 2.24) is 0 Å². The van der Waals surface area contributed by atoms with E-state index in [4.69, 9.17) is 9.47 Å². The fourth-order valence-electron chi connectivity index (χ4n) is 0.662. The highest BCUT2D eigenvalue weighted by atomic mass is 32.2. The Labute approximate surface area is 94.7 Å². The summed E-state index contributed by atoms with van der Waals surface area (Å²) in [5, 5.41) is -1.18. The highest BCUT2D eigenvalue weighted by Gasteiger charge is 2.13. The Morgan fingerprint density at radius 1 is 1.20 bits per heavy atom. The van der Waals surface area contributed by atoms with E-state index in [0.717, 1.165) is 12.8 Å². The van der Waals surface area contributed by atoms with E-state index < -0.39 is 10.6 Å². The molecular formula is C10H18O4S. The van der Waals surface area contributed by atoms with Crippen LogP contribution in [0.15, 0.2) is 0 Å². The van der Waals surface area contributed by atoms with Crippen molar-refractivity contribution in [2.24, 2.45) is 5.92 Å². The summed E-state index contributed by atoms with van der Waals surface area (Å²) in [5.41, 5.74) is 0. The zero-order valence-electron chi connectivity index (χ0n) is 9.45. The van der Waals surface area contributed by atoms with Crippen molar-refractivity contribution in [3.05, 3.63) is 0 Å². The van der Waals surface area contributed by atoms with Gasteiger partial charge in [-0.25, -0.2) is 9.59 Å². The third-order valence-corrected chi connectivity index (χ3v) is 1.99. The minimum atomic E-state index is -0.592. The molecule has 0 unspecified atom stereocenters. The molecular weight excluding hydrogens is 216 g/mol. The Morgan fingerprint density at radius 2 is 1.80 bits per heavy atom. The predicted octanol–water partition coefficient (Wildman–Crippen LogP) is 3.45. The Kier molecular flexibility index (Phi) is 8.18. The summed E-state index contributed by atoms with van der Waals surface area (Å²) in [4.78, 5) is 22.0. The molecule has 0 saturated heterocycles. The minimum absolute atomic E-state index is 0.269. The van der Waals surface area contributed by atoms with Crippen molar-refractivity contribution in [3.63, 3.8) is 0 Å². The lowest BCUT2D eigenvalue weighted by atomic mass is 10.2. The van der Waals surface area contributed by atoms with Gasteiger partial charge in [0, 0.05) is 0 Å². The van der Waals surface area contributed by atoms with Gasteiger partial charge in [-0.3, -0.25) is 0 Å². The molecule has 0 aliphatic rings. The SMILES string of the molecule is CCCCOC(=O)SC(=O)OCC(C)C. The maximum atomic E-state index is 11.0. The molecule has 0 heterocycles. The fourth-order valence-corrected chi connectivity index (χ4v) is 1.07. The largest absolute Gasteiger partial charge is 0.457 e. The Balaban J connectivity index is 3.53. The van der Waals surface area contributed by atoms with Crippen LogP contribution in [-0.4, -0.2) is 23.8 Å². The van der Waals surface area contributed by atoms with Crippen LogP contribution in [0.25, 0.3) is 0 Å². The summed E-state index contributed by atoms with van der Waals surface area (Å²) < 4.78 is 9.59. The molecule has 0 radical (unpaired) electrons. The average Bonchev–Trinajstić information content (AvgIpc) is 2.15. The number of hydrogen-bond donors (Lipinski definition) is 0.